The lowest BCUT2D eigenvalue weighted by molar-refractivity contribution is -0.128. The molecule has 3 saturated heterocycles. The molecule has 25 nitrogen and oxygen atoms in total. The molecule has 7 aromatic heterocycles. The Hall–Kier alpha value is -11.7. The molecule has 12 aromatic rings. The highest BCUT2D eigenvalue weighted by Gasteiger charge is 2.33. The molecular weight excluding hydrogens is 1410 g/mol. The molecule has 101 heavy (non-hydrogen) atoms. The van der Waals surface area contributed by atoms with Crippen molar-refractivity contribution < 1.29 is 28.6 Å². The zero-order valence-corrected chi connectivity index (χ0v) is 57.9. The van der Waals surface area contributed by atoms with Crippen LogP contribution in [0.15, 0.2) is 212 Å². The van der Waals surface area contributed by atoms with Crippen molar-refractivity contribution in [3.8, 4) is 68.4 Å². The molecule has 5 aromatic carbocycles. The molecule has 6 N–H and O–H groups in total. The van der Waals surface area contributed by atoms with Gasteiger partial charge in [-0.3, -0.25) is 14.4 Å². The number of piperidine rings is 3. The van der Waals surface area contributed by atoms with Gasteiger partial charge in [0.2, 0.25) is 11.8 Å². The highest BCUT2D eigenvalue weighted by atomic mass is 79.9. The number of hydrogen-bond acceptors (Lipinski definition) is 19. The summed E-state index contributed by atoms with van der Waals surface area (Å²) in [5.41, 5.74) is 25.3. The highest BCUT2D eigenvalue weighted by molar-refractivity contribution is 9.12. The second-order valence-electron chi connectivity index (χ2n) is 24.1. The van der Waals surface area contributed by atoms with Gasteiger partial charge in [0, 0.05) is 68.2 Å². The van der Waals surface area contributed by atoms with Crippen LogP contribution in [0.2, 0.25) is 0 Å². The van der Waals surface area contributed by atoms with Gasteiger partial charge < -0.3 is 46.1 Å². The van der Waals surface area contributed by atoms with Crippen LogP contribution in [0.1, 0.15) is 56.7 Å². The van der Waals surface area contributed by atoms with Crippen LogP contribution < -0.4 is 31.4 Å². The third-order valence-corrected chi connectivity index (χ3v) is 18.2. The number of pyridine rings is 1. The lowest BCUT2D eigenvalue weighted by Gasteiger charge is -2.32. The summed E-state index contributed by atoms with van der Waals surface area (Å²) in [6.07, 6.45) is 12.6. The van der Waals surface area contributed by atoms with E-state index in [-0.39, 0.29) is 35.8 Å². The molecule has 3 aliphatic heterocycles. The molecule has 3 unspecified atom stereocenters. The van der Waals surface area contributed by atoms with Gasteiger partial charge in [-0.25, -0.2) is 48.9 Å². The topological polar surface area (TPSA) is 310 Å². The summed E-state index contributed by atoms with van der Waals surface area (Å²) < 4.78 is 23.9. The zero-order chi connectivity index (χ0) is 70.1. The molecule has 3 amide bonds. The number of nitrogen functional groups attached to an aromatic ring is 3. The highest BCUT2D eigenvalue weighted by Crippen LogP contribution is 2.39. The second-order valence-corrected chi connectivity index (χ2v) is 26.0. The fraction of sp³-hybridized carbons (Fsp3) is 0.203. The summed E-state index contributed by atoms with van der Waals surface area (Å²) in [5.74, 6) is 4.96. The van der Waals surface area contributed by atoms with Crippen LogP contribution in [0.4, 0.5) is 17.5 Å². The van der Waals surface area contributed by atoms with Crippen LogP contribution in [0.25, 0.3) is 66.9 Å². The van der Waals surface area contributed by atoms with E-state index in [2.05, 4.69) is 86.5 Å². The molecule has 3 fully saturated rings. The fourth-order valence-corrected chi connectivity index (χ4v) is 13.2. The van der Waals surface area contributed by atoms with Gasteiger partial charge in [0.25, 0.3) is 11.8 Å². The fourth-order valence-electron chi connectivity index (χ4n) is 12.7. The Balaban J connectivity index is 0.000000135. The van der Waals surface area contributed by atoms with Crippen LogP contribution in [0, 0.1) is 0 Å². The monoisotopic (exact) mass is 1480 g/mol. The van der Waals surface area contributed by atoms with E-state index in [1.54, 1.807) is 27.0 Å². The first kappa shape index (κ1) is 67.8. The molecule has 510 valence electrons. The summed E-state index contributed by atoms with van der Waals surface area (Å²) in [6.45, 7) is 14.7. The van der Waals surface area contributed by atoms with Gasteiger partial charge in [-0.05, 0) is 167 Å². The Labute approximate surface area is 597 Å². The van der Waals surface area contributed by atoms with Crippen LogP contribution in [-0.2, 0) is 14.4 Å². The molecule has 0 aliphatic carbocycles. The molecule has 0 spiro atoms. The van der Waals surface area contributed by atoms with Gasteiger partial charge in [0.15, 0.2) is 16.9 Å². The van der Waals surface area contributed by atoms with E-state index in [1.165, 1.54) is 25.1 Å². The van der Waals surface area contributed by atoms with Crippen LogP contribution >= 0.6 is 31.9 Å². The third-order valence-electron chi connectivity index (χ3n) is 17.5. The molecule has 15 rings (SSSR count). The van der Waals surface area contributed by atoms with Crippen molar-refractivity contribution in [2.75, 3.05) is 56.5 Å². The molecule has 0 bridgehead atoms. The summed E-state index contributed by atoms with van der Waals surface area (Å²) >= 11 is 6.41. The predicted octanol–water partition coefficient (Wildman–Crippen LogP) is 13.5. The van der Waals surface area contributed by atoms with Crippen molar-refractivity contribution in [3.63, 3.8) is 0 Å². The quantitative estimate of drug-likeness (QED) is 0.0803. The Kier molecular flexibility index (Phi) is 20.5. The maximum atomic E-state index is 12.5. The number of carbonyl (C=O) groups is 3. The summed E-state index contributed by atoms with van der Waals surface area (Å²) in [4.78, 5) is 73.0. The number of nitrogens with zero attached hydrogens (tertiary/aromatic N) is 16. The van der Waals surface area contributed by atoms with Crippen molar-refractivity contribution in [1.82, 2.24) is 78.9 Å². The maximum absolute atomic E-state index is 12.5. The number of halogens is 2. The molecule has 10 heterocycles. The molecule has 27 heteroatoms. The number of amides is 3. The SMILES string of the molecule is C=C(Br)C(=O)N1CCCC(n2nc(-c3ccc(Oc4ccccc4)cc3)c3c(N)ncnc32)C1.C=C(Br)C(=O)N1CCCC(n2nc(-c3ccc(Oc4ccccc4)nc3)c3c(N)ncnc32)C1.C=CC(=O)N1CCCC(n2nc(-c3ccc(Oc4ccccc4)cc3)c3c(N)ncnc32)C1. The zero-order valence-electron chi connectivity index (χ0n) is 54.8. The molecule has 0 radical (unpaired) electrons. The number of rotatable bonds is 15. The number of benzene rings is 5. The molecule has 0 saturated carbocycles. The summed E-state index contributed by atoms with van der Waals surface area (Å²) in [7, 11) is 0. The van der Waals surface area contributed by atoms with Gasteiger partial charge in [0.1, 0.15) is 82.3 Å². The van der Waals surface area contributed by atoms with Gasteiger partial charge in [-0.1, -0.05) is 74.3 Å². The Morgan fingerprint density at radius 3 is 1.12 bits per heavy atom. The van der Waals surface area contributed by atoms with Crippen molar-refractivity contribution in [1.29, 1.82) is 0 Å². The number of aromatic nitrogens is 13. The van der Waals surface area contributed by atoms with Crippen LogP contribution in [0.3, 0.4) is 0 Å². The first-order chi connectivity index (χ1) is 49.2. The van der Waals surface area contributed by atoms with Crippen molar-refractivity contribution in [3.05, 3.63) is 212 Å². The number of ether oxygens (including phenoxy) is 3. The maximum Gasteiger partial charge on any atom is 0.260 e. The number of para-hydroxylation sites is 3. The summed E-state index contributed by atoms with van der Waals surface area (Å²) in [5, 5.41) is 16.8. The van der Waals surface area contributed by atoms with Gasteiger partial charge in [-0.2, -0.15) is 15.3 Å². The van der Waals surface area contributed by atoms with E-state index in [9.17, 15) is 14.4 Å². The molecular formula is C74H69Br2N19O6. The number of fused-ring (bicyclic) bond motifs is 3. The van der Waals surface area contributed by atoms with Gasteiger partial charge in [-0.15, -0.1) is 0 Å². The van der Waals surface area contributed by atoms with Gasteiger partial charge in [0.05, 0.1) is 43.2 Å². The average molecular weight is 1480 g/mol. The standard InChI is InChI=1S/C25H23BrN6O2.C25H24N6O2.C24H22BrN7O2/c1-16(26)25(33)31-13-5-6-18(14-31)32-24-21(23(27)28-15-29-24)22(30-32)17-9-11-20(12-10-17)34-19-7-3-2-4-8-19;1-2-21(32)30-14-6-7-18(15-30)31-25-22(24(26)27-16-28-25)23(29-31)17-10-12-20(13-11-17)33-19-8-4-3-5-9-19;1-15(25)24(33)31-11-5-6-17(13-31)32-23-20(22(26)28-14-29-23)21(30-32)16-9-10-19(27-12-16)34-18-7-3-2-4-8-18/h2-4,7-12,15,18H,1,5-6,13-14H2,(H2,27,28,29);2-5,8-13,16,18H,1,6-7,14-15H2,(H2,26,27,28);2-4,7-10,12,14,17H,1,5-6,11,13H2,(H2,26,28,29). The smallest absolute Gasteiger partial charge is 0.260 e. The number of nitrogens with two attached hydrogens (primary N) is 3. The Morgan fingerprint density at radius 1 is 0.426 bits per heavy atom. The normalized spacial score (nSPS) is 15.9. The summed E-state index contributed by atoms with van der Waals surface area (Å²) in [6, 6.07) is 47.7. The number of hydrogen-bond donors (Lipinski definition) is 3. The number of likely N-dealkylation sites (tertiary alicyclic amines) is 3. The second kappa shape index (κ2) is 30.6. The van der Waals surface area contributed by atoms with E-state index in [1.807, 2.05) is 160 Å². The van der Waals surface area contributed by atoms with E-state index in [0.717, 1.165) is 78.2 Å². The van der Waals surface area contributed by atoms with E-state index in [4.69, 9.17) is 46.7 Å². The largest absolute Gasteiger partial charge is 0.457 e. The first-order valence-electron chi connectivity index (χ1n) is 32.7. The van der Waals surface area contributed by atoms with Crippen molar-refractivity contribution in [2.45, 2.75) is 56.7 Å². The number of anilines is 3. The first-order valence-corrected chi connectivity index (χ1v) is 34.3. The lowest BCUT2D eigenvalue weighted by atomic mass is 10.1. The minimum atomic E-state index is -0.117. The minimum Gasteiger partial charge on any atom is -0.457 e. The number of carbonyl (C=O) groups excluding carboxylic acids is 3. The predicted molar refractivity (Wildman–Crippen MR) is 394 cm³/mol. The lowest BCUT2D eigenvalue weighted by Crippen LogP contribution is -2.41. The van der Waals surface area contributed by atoms with E-state index >= 15 is 0 Å². The van der Waals surface area contributed by atoms with Crippen LogP contribution in [-0.4, -0.2) is 136 Å². The average Bonchev–Trinajstić information content (AvgIpc) is 1.63. The Bertz CT molecular complexity index is 4790. The van der Waals surface area contributed by atoms with Gasteiger partial charge >= 0.3 is 0 Å². The van der Waals surface area contributed by atoms with Crippen molar-refractivity contribution >= 4 is 100 Å². The van der Waals surface area contributed by atoms with Crippen LogP contribution in [0.5, 0.6) is 34.6 Å². The Morgan fingerprint density at radius 2 is 0.762 bits per heavy atom. The molecule has 3 aliphatic rings. The minimum absolute atomic E-state index is 0.00566. The van der Waals surface area contributed by atoms with E-state index in [0.29, 0.717) is 127 Å². The van der Waals surface area contributed by atoms with Crippen molar-refractivity contribution in [2.24, 2.45) is 0 Å². The third kappa shape index (κ3) is 15.2. The van der Waals surface area contributed by atoms with E-state index < -0.39 is 0 Å². The molecule has 3 atom stereocenters.